The number of nitrogens with one attached hydrogen (secondary N) is 2. The first-order valence-electron chi connectivity index (χ1n) is 10.3. The van der Waals surface area contributed by atoms with Gasteiger partial charge in [-0.3, -0.25) is 0 Å². The van der Waals surface area contributed by atoms with Crippen molar-refractivity contribution in [3.05, 3.63) is 65.7 Å². The summed E-state index contributed by atoms with van der Waals surface area (Å²) in [6.07, 6.45) is 0. The average molecular weight is 395 g/mol. The molecule has 3 aromatic carbocycles. The Balaban J connectivity index is 1.39. The molecule has 1 fully saturated rings. The van der Waals surface area contributed by atoms with E-state index in [1.165, 1.54) is 16.3 Å². The number of rotatable bonds is 6. The van der Waals surface area contributed by atoms with E-state index in [4.69, 9.17) is 9.47 Å². The Morgan fingerprint density at radius 2 is 1.38 bits per heavy atom. The number of quaternary nitrogens is 2. The number of ether oxygens (including phenoxy) is 2. The molecule has 1 saturated heterocycles. The maximum Gasteiger partial charge on any atom is 0.200 e. The van der Waals surface area contributed by atoms with E-state index in [2.05, 4.69) is 42.5 Å². The number of hydrogen-bond acceptors (Lipinski definition) is 3. The zero-order valence-electron chi connectivity index (χ0n) is 17.2. The van der Waals surface area contributed by atoms with Gasteiger partial charge in [0.1, 0.15) is 39.3 Å². The summed E-state index contributed by atoms with van der Waals surface area (Å²) >= 11 is 0. The maximum absolute atomic E-state index is 10.1. The van der Waals surface area contributed by atoms with Gasteiger partial charge in [-0.05, 0) is 22.9 Å². The lowest BCUT2D eigenvalue weighted by Crippen LogP contribution is -3.27. The molecule has 1 heterocycles. The van der Waals surface area contributed by atoms with Crippen LogP contribution in [0, 0.1) is 0 Å². The van der Waals surface area contributed by atoms with E-state index in [1.54, 1.807) is 24.0 Å². The molecule has 0 aromatic heterocycles. The monoisotopic (exact) mass is 394 g/mol. The van der Waals surface area contributed by atoms with Crippen molar-refractivity contribution in [3.63, 3.8) is 0 Å². The van der Waals surface area contributed by atoms with Crippen LogP contribution in [-0.4, -0.2) is 45.5 Å². The Morgan fingerprint density at radius 3 is 2.03 bits per heavy atom. The molecule has 0 saturated carbocycles. The summed E-state index contributed by atoms with van der Waals surface area (Å²) in [5.74, 6) is 1.01. The molecule has 29 heavy (non-hydrogen) atoms. The lowest BCUT2D eigenvalue weighted by Gasteiger charge is -2.30. The second kappa shape index (κ2) is 8.72. The lowest BCUT2D eigenvalue weighted by atomic mass is 10.0. The Bertz CT molecular complexity index is 951. The van der Waals surface area contributed by atoms with E-state index < -0.39 is 0 Å². The summed E-state index contributed by atoms with van der Waals surface area (Å²) in [6, 6.07) is 19.1. The number of phenolic OH excluding ortho intramolecular Hbond substituents is 1. The van der Waals surface area contributed by atoms with E-state index in [0.717, 1.165) is 44.8 Å². The predicted molar refractivity (Wildman–Crippen MR) is 114 cm³/mol. The number of hydrogen-bond donors (Lipinski definition) is 3. The molecule has 1 aliphatic heterocycles. The molecule has 3 N–H and O–H groups in total. The van der Waals surface area contributed by atoms with Gasteiger partial charge in [0.15, 0.2) is 11.5 Å². The summed E-state index contributed by atoms with van der Waals surface area (Å²) in [6.45, 7) is 6.57. The van der Waals surface area contributed by atoms with Gasteiger partial charge in [0, 0.05) is 11.1 Å². The molecular weight excluding hydrogens is 364 g/mol. The fourth-order valence-electron chi connectivity index (χ4n) is 4.37. The largest absolute Gasteiger partial charge is 0.502 e. The van der Waals surface area contributed by atoms with Gasteiger partial charge in [-0.15, -0.1) is 0 Å². The molecule has 0 atom stereocenters. The van der Waals surface area contributed by atoms with Crippen LogP contribution < -0.4 is 19.3 Å². The van der Waals surface area contributed by atoms with Crippen molar-refractivity contribution in [1.82, 2.24) is 0 Å². The molecular formula is C24H30N2O3+2. The van der Waals surface area contributed by atoms with Gasteiger partial charge >= 0.3 is 0 Å². The fraction of sp³-hybridized carbons (Fsp3) is 0.333. The second-order valence-corrected chi connectivity index (χ2v) is 7.84. The highest BCUT2D eigenvalue weighted by Gasteiger charge is 2.24. The third kappa shape index (κ3) is 4.31. The van der Waals surface area contributed by atoms with Crippen LogP contribution in [0.25, 0.3) is 10.8 Å². The predicted octanol–water partition coefficient (Wildman–Crippen LogP) is 1.05. The standard InChI is InChI=1S/C24H28N2O3/c1-28-22-14-18(15-23(29-2)24(22)27)16-25-10-12-26(13-11-25)17-20-8-5-7-19-6-3-4-9-21(19)20/h3-9,14-15,27H,10-13,16-17H2,1-2H3/p+2. The minimum atomic E-state index is 0.0677. The van der Waals surface area contributed by atoms with E-state index in [0.29, 0.717) is 11.5 Å². The minimum absolute atomic E-state index is 0.0677. The van der Waals surface area contributed by atoms with Crippen molar-refractivity contribution in [2.45, 2.75) is 13.1 Å². The number of benzene rings is 3. The molecule has 5 heteroatoms. The number of piperazine rings is 1. The second-order valence-electron chi connectivity index (χ2n) is 7.84. The van der Waals surface area contributed by atoms with E-state index in [1.807, 2.05) is 12.1 Å². The highest BCUT2D eigenvalue weighted by atomic mass is 16.5. The SMILES string of the molecule is COc1cc(C[NH+]2CC[NH+](Cc3cccc4ccccc34)CC2)cc(OC)c1O. The number of methoxy groups -OCH3 is 2. The van der Waals surface area contributed by atoms with Crippen molar-refractivity contribution in [2.75, 3.05) is 40.4 Å². The Labute approximate surface area is 172 Å². The minimum Gasteiger partial charge on any atom is -0.502 e. The van der Waals surface area contributed by atoms with Crippen LogP contribution in [0.15, 0.2) is 54.6 Å². The Morgan fingerprint density at radius 1 is 0.793 bits per heavy atom. The zero-order valence-corrected chi connectivity index (χ0v) is 17.2. The first kappa shape index (κ1) is 19.6. The van der Waals surface area contributed by atoms with Gasteiger partial charge in [-0.1, -0.05) is 42.5 Å². The van der Waals surface area contributed by atoms with Gasteiger partial charge in [0.05, 0.1) is 14.2 Å². The summed E-state index contributed by atoms with van der Waals surface area (Å²) in [5.41, 5.74) is 2.57. The highest BCUT2D eigenvalue weighted by Crippen LogP contribution is 2.36. The van der Waals surface area contributed by atoms with Gasteiger partial charge in [0.2, 0.25) is 5.75 Å². The van der Waals surface area contributed by atoms with Gasteiger partial charge in [0.25, 0.3) is 0 Å². The molecule has 152 valence electrons. The number of aromatic hydroxyl groups is 1. The maximum atomic E-state index is 10.1. The van der Waals surface area contributed by atoms with Crippen molar-refractivity contribution in [2.24, 2.45) is 0 Å². The normalized spacial score (nSPS) is 19.2. The Hall–Kier alpha value is -2.76. The van der Waals surface area contributed by atoms with Crippen molar-refractivity contribution >= 4 is 10.8 Å². The fourth-order valence-corrected chi connectivity index (χ4v) is 4.37. The average Bonchev–Trinajstić information content (AvgIpc) is 2.76. The van der Waals surface area contributed by atoms with Crippen LogP contribution in [0.1, 0.15) is 11.1 Å². The molecule has 5 nitrogen and oxygen atoms in total. The van der Waals surface area contributed by atoms with Crippen molar-refractivity contribution in [1.29, 1.82) is 0 Å². The molecule has 0 bridgehead atoms. The van der Waals surface area contributed by atoms with Crippen LogP contribution >= 0.6 is 0 Å². The third-order valence-corrected chi connectivity index (χ3v) is 5.98. The number of fused-ring (bicyclic) bond motifs is 1. The number of phenols is 1. The molecule has 0 aliphatic carbocycles. The van der Waals surface area contributed by atoms with Crippen LogP contribution in [0.2, 0.25) is 0 Å². The molecule has 0 radical (unpaired) electrons. The lowest BCUT2D eigenvalue weighted by molar-refractivity contribution is -1.02. The molecule has 4 rings (SSSR count). The van der Waals surface area contributed by atoms with E-state index in [9.17, 15) is 5.11 Å². The van der Waals surface area contributed by atoms with Crippen molar-refractivity contribution in [3.8, 4) is 17.2 Å². The van der Waals surface area contributed by atoms with E-state index >= 15 is 0 Å². The molecule has 3 aromatic rings. The molecule has 0 unspecified atom stereocenters. The van der Waals surface area contributed by atoms with Crippen LogP contribution in [0.5, 0.6) is 17.2 Å². The van der Waals surface area contributed by atoms with Crippen molar-refractivity contribution < 1.29 is 24.4 Å². The summed E-state index contributed by atoms with van der Waals surface area (Å²) in [4.78, 5) is 3.20. The Kier molecular flexibility index (Phi) is 5.88. The molecule has 0 amide bonds. The third-order valence-electron chi connectivity index (χ3n) is 5.98. The van der Waals surface area contributed by atoms with Crippen LogP contribution in [-0.2, 0) is 13.1 Å². The van der Waals surface area contributed by atoms with Gasteiger partial charge in [-0.25, -0.2) is 0 Å². The molecule has 1 aliphatic rings. The highest BCUT2D eigenvalue weighted by molar-refractivity contribution is 5.85. The van der Waals surface area contributed by atoms with Gasteiger partial charge < -0.3 is 24.4 Å². The zero-order chi connectivity index (χ0) is 20.2. The summed E-state index contributed by atoms with van der Waals surface area (Å²) in [5, 5.41) is 12.8. The first-order chi connectivity index (χ1) is 14.2. The topological polar surface area (TPSA) is 47.6 Å². The quantitative estimate of drug-likeness (QED) is 0.586. The summed E-state index contributed by atoms with van der Waals surface area (Å²) < 4.78 is 10.6. The van der Waals surface area contributed by atoms with Gasteiger partial charge in [-0.2, -0.15) is 0 Å². The smallest absolute Gasteiger partial charge is 0.200 e. The first-order valence-corrected chi connectivity index (χ1v) is 10.3. The van der Waals surface area contributed by atoms with Crippen LogP contribution in [0.3, 0.4) is 0 Å². The van der Waals surface area contributed by atoms with E-state index in [-0.39, 0.29) is 5.75 Å². The molecule has 0 spiro atoms. The summed E-state index contributed by atoms with van der Waals surface area (Å²) in [7, 11) is 3.14. The van der Waals surface area contributed by atoms with Crippen LogP contribution in [0.4, 0.5) is 0 Å².